The molecule has 0 fully saturated rings. The quantitative estimate of drug-likeness (QED) is 0.472. The standard InChI is InChI=1S/C21H18ClN3O3/c1-13-6-7-14-11-15(21(22)23-16(14)10-13)18-12-17(19-4-3-9-28-19)24-25(18)20(27)5-2-8-26/h3-4,6-11,18H,2,5,12H2,1H3. The zero-order chi connectivity index (χ0) is 19.7. The molecular weight excluding hydrogens is 378 g/mol. The average molecular weight is 396 g/mol. The summed E-state index contributed by atoms with van der Waals surface area (Å²) in [5.41, 5.74) is 3.29. The number of aldehydes is 1. The van der Waals surface area contributed by atoms with E-state index in [9.17, 15) is 9.59 Å². The number of carbonyl (C=O) groups excluding carboxylic acids is 2. The van der Waals surface area contributed by atoms with Crippen LogP contribution < -0.4 is 0 Å². The topological polar surface area (TPSA) is 75.8 Å². The molecule has 0 saturated carbocycles. The van der Waals surface area contributed by atoms with Gasteiger partial charge in [0.1, 0.15) is 22.9 Å². The van der Waals surface area contributed by atoms with E-state index in [2.05, 4.69) is 10.1 Å². The predicted molar refractivity (Wildman–Crippen MR) is 106 cm³/mol. The molecule has 0 spiro atoms. The summed E-state index contributed by atoms with van der Waals surface area (Å²) in [6.07, 6.45) is 2.99. The fourth-order valence-electron chi connectivity index (χ4n) is 3.37. The molecule has 4 rings (SSSR count). The third kappa shape index (κ3) is 3.43. The summed E-state index contributed by atoms with van der Waals surface area (Å²) in [6.45, 7) is 2.00. The summed E-state index contributed by atoms with van der Waals surface area (Å²) in [6, 6.07) is 11.1. The van der Waals surface area contributed by atoms with Crippen LogP contribution in [0, 0.1) is 6.92 Å². The Morgan fingerprint density at radius 1 is 1.36 bits per heavy atom. The molecule has 0 aliphatic carbocycles. The molecule has 1 aromatic carbocycles. The van der Waals surface area contributed by atoms with E-state index < -0.39 is 6.04 Å². The Morgan fingerprint density at radius 2 is 2.21 bits per heavy atom. The number of benzene rings is 1. The Morgan fingerprint density at radius 3 is 2.96 bits per heavy atom. The van der Waals surface area contributed by atoms with Crippen molar-refractivity contribution in [3.8, 4) is 0 Å². The van der Waals surface area contributed by atoms with Crippen molar-refractivity contribution in [3.63, 3.8) is 0 Å². The van der Waals surface area contributed by atoms with Gasteiger partial charge in [0, 0.05) is 30.2 Å². The largest absolute Gasteiger partial charge is 0.463 e. The zero-order valence-electron chi connectivity index (χ0n) is 15.3. The SMILES string of the molecule is Cc1ccc2cc(C3CC(c4ccco4)=NN3C(=O)CCC=O)c(Cl)nc2c1. The zero-order valence-corrected chi connectivity index (χ0v) is 16.0. The maximum absolute atomic E-state index is 12.7. The van der Waals surface area contributed by atoms with Crippen LogP contribution in [-0.4, -0.2) is 27.9 Å². The molecule has 1 aliphatic rings. The molecule has 3 aromatic rings. The minimum absolute atomic E-state index is 0.0900. The van der Waals surface area contributed by atoms with Gasteiger partial charge in [-0.3, -0.25) is 4.79 Å². The number of furan rings is 1. The molecule has 28 heavy (non-hydrogen) atoms. The number of fused-ring (bicyclic) bond motifs is 1. The predicted octanol–water partition coefficient (Wildman–Crippen LogP) is 4.45. The fraction of sp³-hybridized carbons (Fsp3) is 0.238. The van der Waals surface area contributed by atoms with Crippen molar-refractivity contribution >= 4 is 40.4 Å². The highest BCUT2D eigenvalue weighted by Gasteiger charge is 2.35. The lowest BCUT2D eigenvalue weighted by Crippen LogP contribution is -2.27. The summed E-state index contributed by atoms with van der Waals surface area (Å²) in [5.74, 6) is 0.370. The van der Waals surface area contributed by atoms with Crippen LogP contribution in [-0.2, 0) is 9.59 Å². The van der Waals surface area contributed by atoms with Gasteiger partial charge in [-0.15, -0.1) is 0 Å². The van der Waals surface area contributed by atoms with E-state index in [1.54, 1.807) is 18.4 Å². The average Bonchev–Trinajstić information content (AvgIpc) is 3.35. The molecule has 2 aromatic heterocycles. The monoisotopic (exact) mass is 395 g/mol. The first-order valence-electron chi connectivity index (χ1n) is 9.00. The number of halogens is 1. The molecule has 1 unspecified atom stereocenters. The van der Waals surface area contributed by atoms with E-state index in [4.69, 9.17) is 16.0 Å². The van der Waals surface area contributed by atoms with Crippen LogP contribution in [0.3, 0.4) is 0 Å². The van der Waals surface area contributed by atoms with Crippen LogP contribution in [0.25, 0.3) is 10.9 Å². The Kier molecular flexibility index (Phi) is 4.96. The number of aryl methyl sites for hydroxylation is 1. The Labute approximate surface area is 166 Å². The van der Waals surface area contributed by atoms with Crippen molar-refractivity contribution in [3.05, 3.63) is 64.7 Å². The lowest BCUT2D eigenvalue weighted by Gasteiger charge is -2.22. The van der Waals surface area contributed by atoms with Gasteiger partial charge in [-0.25, -0.2) is 9.99 Å². The summed E-state index contributed by atoms with van der Waals surface area (Å²) >= 11 is 6.50. The Hall–Kier alpha value is -2.99. The third-order valence-electron chi connectivity index (χ3n) is 4.76. The van der Waals surface area contributed by atoms with Crippen molar-refractivity contribution in [1.29, 1.82) is 0 Å². The number of hydrazone groups is 1. The van der Waals surface area contributed by atoms with E-state index in [0.29, 0.717) is 23.0 Å². The molecule has 0 saturated heterocycles. The van der Waals surface area contributed by atoms with Gasteiger partial charge in [0.25, 0.3) is 0 Å². The number of amides is 1. The summed E-state index contributed by atoms with van der Waals surface area (Å²) < 4.78 is 5.45. The first kappa shape index (κ1) is 18.4. The van der Waals surface area contributed by atoms with Gasteiger partial charge in [-0.05, 0) is 36.8 Å². The number of hydrogen-bond acceptors (Lipinski definition) is 5. The maximum atomic E-state index is 12.7. The highest BCUT2D eigenvalue weighted by atomic mass is 35.5. The molecule has 142 valence electrons. The molecule has 3 heterocycles. The summed E-state index contributed by atoms with van der Waals surface area (Å²) in [7, 11) is 0. The molecule has 0 bridgehead atoms. The number of hydrogen-bond donors (Lipinski definition) is 0. The van der Waals surface area contributed by atoms with Gasteiger partial charge in [0.2, 0.25) is 5.91 Å². The van der Waals surface area contributed by atoms with E-state index in [-0.39, 0.29) is 18.7 Å². The molecule has 1 aliphatic heterocycles. The number of nitrogens with zero attached hydrogens (tertiary/aromatic N) is 3. The van der Waals surface area contributed by atoms with Gasteiger partial charge in [0.15, 0.2) is 0 Å². The normalized spacial score (nSPS) is 16.4. The second kappa shape index (κ2) is 7.56. The molecule has 1 amide bonds. The molecule has 6 nitrogen and oxygen atoms in total. The first-order chi connectivity index (χ1) is 13.6. The van der Waals surface area contributed by atoms with Gasteiger partial charge < -0.3 is 9.21 Å². The summed E-state index contributed by atoms with van der Waals surface area (Å²) in [5, 5.41) is 7.17. The van der Waals surface area contributed by atoms with Gasteiger partial charge in [-0.1, -0.05) is 23.7 Å². The lowest BCUT2D eigenvalue weighted by atomic mass is 10.00. The lowest BCUT2D eigenvalue weighted by molar-refractivity contribution is -0.133. The Balaban J connectivity index is 1.75. The molecular formula is C21H18ClN3O3. The second-order valence-corrected chi connectivity index (χ2v) is 7.11. The van der Waals surface area contributed by atoms with Crippen LogP contribution in [0.2, 0.25) is 5.15 Å². The van der Waals surface area contributed by atoms with Crippen molar-refractivity contribution in [1.82, 2.24) is 9.99 Å². The van der Waals surface area contributed by atoms with Crippen LogP contribution >= 0.6 is 11.6 Å². The van der Waals surface area contributed by atoms with E-state index in [1.165, 1.54) is 5.01 Å². The van der Waals surface area contributed by atoms with E-state index in [0.717, 1.165) is 28.3 Å². The number of rotatable bonds is 5. The van der Waals surface area contributed by atoms with Crippen LogP contribution in [0.5, 0.6) is 0 Å². The molecule has 0 radical (unpaired) electrons. The maximum Gasteiger partial charge on any atom is 0.243 e. The number of carbonyl (C=O) groups is 2. The summed E-state index contributed by atoms with van der Waals surface area (Å²) in [4.78, 5) is 27.9. The highest BCUT2D eigenvalue weighted by Crippen LogP contribution is 2.37. The van der Waals surface area contributed by atoms with Crippen LogP contribution in [0.15, 0.2) is 52.2 Å². The second-order valence-electron chi connectivity index (χ2n) is 6.75. The van der Waals surface area contributed by atoms with Crippen LogP contribution in [0.4, 0.5) is 0 Å². The van der Waals surface area contributed by atoms with Gasteiger partial charge in [0.05, 0.1) is 17.8 Å². The van der Waals surface area contributed by atoms with E-state index >= 15 is 0 Å². The van der Waals surface area contributed by atoms with Gasteiger partial charge >= 0.3 is 0 Å². The molecule has 1 atom stereocenters. The van der Waals surface area contributed by atoms with Crippen molar-refractivity contribution < 1.29 is 14.0 Å². The molecule has 0 N–H and O–H groups in total. The van der Waals surface area contributed by atoms with Crippen molar-refractivity contribution in [2.45, 2.75) is 32.2 Å². The van der Waals surface area contributed by atoms with Crippen molar-refractivity contribution in [2.75, 3.05) is 0 Å². The Bertz CT molecular complexity index is 1080. The number of pyridine rings is 1. The minimum Gasteiger partial charge on any atom is -0.463 e. The van der Waals surface area contributed by atoms with Gasteiger partial charge in [-0.2, -0.15) is 5.10 Å². The third-order valence-corrected chi connectivity index (χ3v) is 5.06. The minimum atomic E-state index is -0.398. The molecule has 7 heteroatoms. The highest BCUT2D eigenvalue weighted by molar-refractivity contribution is 6.30. The van der Waals surface area contributed by atoms with E-state index in [1.807, 2.05) is 31.2 Å². The first-order valence-corrected chi connectivity index (χ1v) is 9.38. The fourth-order valence-corrected chi connectivity index (χ4v) is 3.65. The number of aromatic nitrogens is 1. The smallest absolute Gasteiger partial charge is 0.243 e. The van der Waals surface area contributed by atoms with Crippen molar-refractivity contribution in [2.24, 2.45) is 5.10 Å². The van der Waals surface area contributed by atoms with Crippen LogP contribution in [0.1, 0.15) is 42.2 Å².